The van der Waals surface area contributed by atoms with Gasteiger partial charge in [0.25, 0.3) is 0 Å². The lowest BCUT2D eigenvalue weighted by molar-refractivity contribution is -0.0154. The number of rotatable bonds is 7. The molecule has 1 N–H and O–H groups in total. The van der Waals surface area contributed by atoms with Crippen molar-refractivity contribution in [2.75, 3.05) is 19.8 Å². The van der Waals surface area contributed by atoms with Gasteiger partial charge in [-0.05, 0) is 53.9 Å². The second-order valence-electron chi connectivity index (χ2n) is 6.02. The van der Waals surface area contributed by atoms with Crippen molar-refractivity contribution >= 4 is 7.85 Å². The summed E-state index contributed by atoms with van der Waals surface area (Å²) < 4.78 is 15.8. The topological polar surface area (TPSA) is 47.9 Å². The van der Waals surface area contributed by atoms with E-state index in [4.69, 9.17) is 27.2 Å². The lowest BCUT2D eigenvalue weighted by Crippen LogP contribution is -2.20. The standard InChI is InChI=1S/C8H15BO2.C7H16O2/c1-6(2)10-5-7-3-4-8(9)11-7;1-4-9-6-5-7(2,3)8/h6-8H,3-5H2,1-2H3;8H,4-6H2,1-3H3. The minimum absolute atomic E-state index is 0.0595. The maximum atomic E-state index is 9.16. The number of ether oxygens (including phenoxy) is 3. The summed E-state index contributed by atoms with van der Waals surface area (Å²) in [5.41, 5.74) is -0.574. The molecule has 0 amide bonds. The van der Waals surface area contributed by atoms with Crippen LogP contribution in [0.15, 0.2) is 0 Å². The largest absolute Gasteiger partial charge is 0.390 e. The van der Waals surface area contributed by atoms with Gasteiger partial charge >= 0.3 is 0 Å². The van der Waals surface area contributed by atoms with E-state index < -0.39 is 5.60 Å². The second kappa shape index (κ2) is 10.6. The van der Waals surface area contributed by atoms with Crippen LogP contribution in [-0.4, -0.2) is 56.6 Å². The summed E-state index contributed by atoms with van der Waals surface area (Å²) in [6, 6.07) is -0.0595. The Morgan fingerprint density at radius 1 is 1.35 bits per heavy atom. The first-order valence-corrected chi connectivity index (χ1v) is 7.57. The second-order valence-corrected chi connectivity index (χ2v) is 6.02. The zero-order valence-corrected chi connectivity index (χ0v) is 13.7. The number of aliphatic hydroxyl groups is 1. The van der Waals surface area contributed by atoms with Gasteiger partial charge in [0.2, 0.25) is 0 Å². The molecule has 0 aromatic rings. The van der Waals surface area contributed by atoms with Crippen molar-refractivity contribution in [3.63, 3.8) is 0 Å². The average molecular weight is 286 g/mol. The molecule has 5 heteroatoms. The maximum absolute atomic E-state index is 9.16. The molecule has 1 fully saturated rings. The molecular formula is C15H31BO4. The summed E-state index contributed by atoms with van der Waals surface area (Å²) in [7, 11) is 5.55. The van der Waals surface area contributed by atoms with Crippen LogP contribution in [0, 0.1) is 0 Å². The fourth-order valence-corrected chi connectivity index (χ4v) is 1.62. The summed E-state index contributed by atoms with van der Waals surface area (Å²) in [4.78, 5) is 0. The summed E-state index contributed by atoms with van der Waals surface area (Å²) in [6.07, 6.45) is 3.23. The summed E-state index contributed by atoms with van der Waals surface area (Å²) >= 11 is 0. The highest BCUT2D eigenvalue weighted by atomic mass is 16.5. The molecule has 0 spiro atoms. The van der Waals surface area contributed by atoms with Crippen LogP contribution in [0.5, 0.6) is 0 Å². The lowest BCUT2D eigenvalue weighted by Gasteiger charge is -2.15. The van der Waals surface area contributed by atoms with Crippen molar-refractivity contribution in [2.45, 2.75) is 77.7 Å². The van der Waals surface area contributed by atoms with Gasteiger partial charge < -0.3 is 19.3 Å². The molecule has 0 saturated carbocycles. The zero-order valence-electron chi connectivity index (χ0n) is 13.7. The van der Waals surface area contributed by atoms with E-state index in [0.29, 0.717) is 19.6 Å². The first-order valence-electron chi connectivity index (χ1n) is 7.57. The van der Waals surface area contributed by atoms with Crippen LogP contribution < -0.4 is 0 Å². The van der Waals surface area contributed by atoms with Crippen LogP contribution in [0.4, 0.5) is 0 Å². The van der Waals surface area contributed by atoms with Gasteiger partial charge in [-0.15, -0.1) is 0 Å². The van der Waals surface area contributed by atoms with Crippen molar-refractivity contribution in [2.24, 2.45) is 0 Å². The van der Waals surface area contributed by atoms with Gasteiger partial charge in [0.15, 0.2) is 0 Å². The van der Waals surface area contributed by atoms with Gasteiger partial charge in [-0.1, -0.05) is 0 Å². The van der Waals surface area contributed by atoms with Gasteiger partial charge in [-0.25, -0.2) is 0 Å². The fourth-order valence-electron chi connectivity index (χ4n) is 1.62. The van der Waals surface area contributed by atoms with Crippen LogP contribution >= 0.6 is 0 Å². The van der Waals surface area contributed by atoms with E-state index in [9.17, 15) is 0 Å². The molecule has 2 unspecified atom stereocenters. The van der Waals surface area contributed by atoms with Crippen LogP contribution in [-0.2, 0) is 14.2 Å². The maximum Gasteiger partial charge on any atom is 0.109 e. The van der Waals surface area contributed by atoms with Crippen molar-refractivity contribution < 1.29 is 19.3 Å². The molecule has 2 atom stereocenters. The average Bonchev–Trinajstić information content (AvgIpc) is 2.72. The Balaban J connectivity index is 0.000000370. The Morgan fingerprint density at radius 2 is 2.00 bits per heavy atom. The van der Waals surface area contributed by atoms with Crippen LogP contribution in [0.2, 0.25) is 0 Å². The lowest BCUT2D eigenvalue weighted by atomic mass is 9.97. The van der Waals surface area contributed by atoms with Crippen molar-refractivity contribution in [1.29, 1.82) is 0 Å². The van der Waals surface area contributed by atoms with E-state index in [1.165, 1.54) is 0 Å². The predicted molar refractivity (Wildman–Crippen MR) is 82.1 cm³/mol. The normalized spacial score (nSPS) is 22.8. The third-order valence-corrected chi connectivity index (χ3v) is 2.82. The van der Waals surface area contributed by atoms with Crippen LogP contribution in [0.25, 0.3) is 0 Å². The van der Waals surface area contributed by atoms with E-state index in [0.717, 1.165) is 19.4 Å². The first kappa shape index (κ1) is 19.9. The Kier molecular flexibility index (Phi) is 10.6. The quantitative estimate of drug-likeness (QED) is 0.576. The molecule has 1 aliphatic heterocycles. The highest BCUT2D eigenvalue weighted by Gasteiger charge is 2.21. The molecule has 1 heterocycles. The predicted octanol–water partition coefficient (Wildman–Crippen LogP) is 2.27. The molecule has 0 bridgehead atoms. The SMILES string of the molecule is CCOCCC(C)(C)O.[B]C1CCC(COC(C)C)O1. The van der Waals surface area contributed by atoms with Gasteiger partial charge in [0.1, 0.15) is 7.85 Å². The molecule has 20 heavy (non-hydrogen) atoms. The minimum atomic E-state index is -0.574. The Hall–Kier alpha value is -0.0951. The molecule has 0 aliphatic carbocycles. The molecular weight excluding hydrogens is 255 g/mol. The van der Waals surface area contributed by atoms with E-state index in [2.05, 4.69) is 0 Å². The molecule has 2 radical (unpaired) electrons. The molecule has 118 valence electrons. The number of hydrogen-bond acceptors (Lipinski definition) is 4. The molecule has 0 aromatic carbocycles. The van der Waals surface area contributed by atoms with Gasteiger partial charge in [-0.3, -0.25) is 0 Å². The highest BCUT2D eigenvalue weighted by Crippen LogP contribution is 2.17. The molecule has 1 aliphatic rings. The molecule has 1 saturated heterocycles. The summed E-state index contributed by atoms with van der Waals surface area (Å²) in [5.74, 6) is 0. The Morgan fingerprint density at radius 3 is 2.40 bits per heavy atom. The van der Waals surface area contributed by atoms with Crippen molar-refractivity contribution in [3.05, 3.63) is 0 Å². The Labute approximate surface area is 125 Å². The van der Waals surface area contributed by atoms with E-state index in [1.807, 2.05) is 20.8 Å². The van der Waals surface area contributed by atoms with E-state index in [-0.39, 0.29) is 18.2 Å². The fraction of sp³-hybridized carbons (Fsp3) is 1.00. The van der Waals surface area contributed by atoms with E-state index in [1.54, 1.807) is 13.8 Å². The summed E-state index contributed by atoms with van der Waals surface area (Å²) in [6.45, 7) is 11.6. The third-order valence-electron chi connectivity index (χ3n) is 2.82. The highest BCUT2D eigenvalue weighted by molar-refractivity contribution is 6.11. The Bertz CT molecular complexity index is 228. The minimum Gasteiger partial charge on any atom is -0.390 e. The molecule has 1 rings (SSSR count). The molecule has 4 nitrogen and oxygen atoms in total. The summed E-state index contributed by atoms with van der Waals surface area (Å²) in [5, 5.41) is 9.16. The molecule has 0 aromatic heterocycles. The van der Waals surface area contributed by atoms with Crippen molar-refractivity contribution in [1.82, 2.24) is 0 Å². The zero-order chi connectivity index (χ0) is 15.6. The van der Waals surface area contributed by atoms with Gasteiger partial charge in [0, 0.05) is 19.2 Å². The first-order chi connectivity index (χ1) is 9.24. The van der Waals surface area contributed by atoms with Crippen LogP contribution in [0.3, 0.4) is 0 Å². The van der Waals surface area contributed by atoms with E-state index >= 15 is 0 Å². The van der Waals surface area contributed by atoms with Crippen LogP contribution in [0.1, 0.15) is 53.9 Å². The monoisotopic (exact) mass is 286 g/mol. The smallest absolute Gasteiger partial charge is 0.109 e. The van der Waals surface area contributed by atoms with Gasteiger partial charge in [-0.2, -0.15) is 0 Å². The van der Waals surface area contributed by atoms with Crippen molar-refractivity contribution in [3.8, 4) is 0 Å². The van der Waals surface area contributed by atoms with Gasteiger partial charge in [0.05, 0.1) is 24.4 Å². The number of hydrogen-bond donors (Lipinski definition) is 1. The third kappa shape index (κ3) is 12.9.